The fraction of sp³-hybridized carbons (Fsp3) is 0.100. The molecule has 0 saturated carbocycles. The standard InChI is InChI=1S/C10H9FN2O/c1-6-9(13-10(14)12-6)7-2-4-8(11)5-3-7/h2-5,9H,1H2,(H2,12,13,14). The summed E-state index contributed by atoms with van der Waals surface area (Å²) in [6.45, 7) is 3.70. The first-order valence-corrected chi connectivity index (χ1v) is 4.18. The number of carbonyl (C=O) groups is 1. The van der Waals surface area contributed by atoms with Gasteiger partial charge in [-0.3, -0.25) is 0 Å². The summed E-state index contributed by atoms with van der Waals surface area (Å²) in [7, 11) is 0. The Morgan fingerprint density at radius 3 is 2.43 bits per heavy atom. The lowest BCUT2D eigenvalue weighted by Crippen LogP contribution is -2.21. The topological polar surface area (TPSA) is 41.1 Å². The van der Waals surface area contributed by atoms with Gasteiger partial charge < -0.3 is 10.6 Å². The number of rotatable bonds is 1. The van der Waals surface area contributed by atoms with Gasteiger partial charge in [0.2, 0.25) is 0 Å². The van der Waals surface area contributed by atoms with Crippen molar-refractivity contribution in [1.82, 2.24) is 10.6 Å². The highest BCUT2D eigenvalue weighted by Crippen LogP contribution is 2.22. The minimum Gasteiger partial charge on any atom is -0.325 e. The second kappa shape index (κ2) is 3.14. The molecule has 1 aliphatic rings. The minimum absolute atomic E-state index is 0.261. The average Bonchev–Trinajstić information content (AvgIpc) is 2.47. The molecule has 1 heterocycles. The fourth-order valence-electron chi connectivity index (χ4n) is 1.41. The fourth-order valence-corrected chi connectivity index (χ4v) is 1.41. The molecule has 1 atom stereocenters. The molecule has 2 N–H and O–H groups in total. The Hall–Kier alpha value is -1.84. The van der Waals surface area contributed by atoms with Gasteiger partial charge in [-0.15, -0.1) is 0 Å². The molecule has 0 spiro atoms. The van der Waals surface area contributed by atoms with Gasteiger partial charge in [-0.2, -0.15) is 0 Å². The van der Waals surface area contributed by atoms with Crippen LogP contribution in [-0.2, 0) is 0 Å². The highest BCUT2D eigenvalue weighted by molar-refractivity contribution is 5.80. The van der Waals surface area contributed by atoms with Crippen LogP contribution >= 0.6 is 0 Å². The average molecular weight is 192 g/mol. The van der Waals surface area contributed by atoms with Crippen LogP contribution in [-0.4, -0.2) is 6.03 Å². The van der Waals surface area contributed by atoms with Gasteiger partial charge in [-0.1, -0.05) is 18.7 Å². The van der Waals surface area contributed by atoms with Crippen molar-refractivity contribution < 1.29 is 9.18 Å². The van der Waals surface area contributed by atoms with Crippen LogP contribution < -0.4 is 10.6 Å². The lowest BCUT2D eigenvalue weighted by Gasteiger charge is -2.09. The molecule has 2 amide bonds. The Balaban J connectivity index is 2.27. The number of hydrogen-bond acceptors (Lipinski definition) is 1. The Labute approximate surface area is 80.6 Å². The monoisotopic (exact) mass is 192 g/mol. The van der Waals surface area contributed by atoms with E-state index in [4.69, 9.17) is 0 Å². The summed E-state index contributed by atoms with van der Waals surface area (Å²) in [5.41, 5.74) is 1.40. The van der Waals surface area contributed by atoms with Crippen molar-refractivity contribution >= 4 is 6.03 Å². The number of benzene rings is 1. The van der Waals surface area contributed by atoms with E-state index < -0.39 is 0 Å². The maximum Gasteiger partial charge on any atom is 0.319 e. The minimum atomic E-state index is -0.295. The van der Waals surface area contributed by atoms with Crippen molar-refractivity contribution in [3.63, 3.8) is 0 Å². The highest BCUT2D eigenvalue weighted by atomic mass is 19.1. The van der Waals surface area contributed by atoms with E-state index in [2.05, 4.69) is 17.2 Å². The van der Waals surface area contributed by atoms with Crippen LogP contribution in [0.5, 0.6) is 0 Å². The first kappa shape index (κ1) is 8.74. The smallest absolute Gasteiger partial charge is 0.319 e. The van der Waals surface area contributed by atoms with E-state index in [0.29, 0.717) is 5.70 Å². The quantitative estimate of drug-likeness (QED) is 0.698. The SMILES string of the molecule is C=C1NC(=O)NC1c1ccc(F)cc1. The van der Waals surface area contributed by atoms with Gasteiger partial charge in [0.05, 0.1) is 6.04 Å². The summed E-state index contributed by atoms with van der Waals surface area (Å²) < 4.78 is 12.6. The van der Waals surface area contributed by atoms with Crippen molar-refractivity contribution in [3.05, 3.63) is 47.9 Å². The van der Waals surface area contributed by atoms with Crippen molar-refractivity contribution in [2.24, 2.45) is 0 Å². The van der Waals surface area contributed by atoms with Gasteiger partial charge in [-0.05, 0) is 17.7 Å². The molecule has 0 aliphatic carbocycles. The number of hydrogen-bond donors (Lipinski definition) is 2. The Morgan fingerprint density at radius 2 is 1.93 bits per heavy atom. The molecule has 4 heteroatoms. The second-order valence-electron chi connectivity index (χ2n) is 3.11. The van der Waals surface area contributed by atoms with E-state index in [1.165, 1.54) is 12.1 Å². The predicted molar refractivity (Wildman–Crippen MR) is 49.9 cm³/mol. The molecular weight excluding hydrogens is 183 g/mol. The van der Waals surface area contributed by atoms with Gasteiger partial charge in [-0.25, -0.2) is 9.18 Å². The summed E-state index contributed by atoms with van der Waals surface area (Å²) in [5, 5.41) is 5.21. The molecule has 1 aromatic rings. The van der Waals surface area contributed by atoms with Crippen LogP contribution in [0.3, 0.4) is 0 Å². The van der Waals surface area contributed by atoms with Crippen LogP contribution in [0, 0.1) is 5.82 Å². The summed E-state index contributed by atoms with van der Waals surface area (Å²) in [5.74, 6) is -0.295. The third-order valence-electron chi connectivity index (χ3n) is 2.10. The van der Waals surface area contributed by atoms with Crippen LogP contribution in [0.1, 0.15) is 11.6 Å². The van der Waals surface area contributed by atoms with Crippen LogP contribution in [0.4, 0.5) is 9.18 Å². The third-order valence-corrected chi connectivity index (χ3v) is 2.10. The Kier molecular flexibility index (Phi) is 1.96. The first-order valence-electron chi connectivity index (χ1n) is 4.18. The molecule has 1 aliphatic heterocycles. The molecule has 14 heavy (non-hydrogen) atoms. The van der Waals surface area contributed by atoms with E-state index in [1.54, 1.807) is 12.1 Å². The molecule has 1 fully saturated rings. The van der Waals surface area contributed by atoms with Gasteiger partial charge in [0, 0.05) is 5.70 Å². The van der Waals surface area contributed by atoms with E-state index in [1.807, 2.05) is 0 Å². The van der Waals surface area contributed by atoms with E-state index >= 15 is 0 Å². The van der Waals surface area contributed by atoms with E-state index in [9.17, 15) is 9.18 Å². The number of carbonyl (C=O) groups excluding carboxylic acids is 1. The zero-order valence-corrected chi connectivity index (χ0v) is 7.38. The van der Waals surface area contributed by atoms with Crippen molar-refractivity contribution in [2.45, 2.75) is 6.04 Å². The van der Waals surface area contributed by atoms with Crippen LogP contribution in [0.25, 0.3) is 0 Å². The molecule has 3 nitrogen and oxygen atoms in total. The summed E-state index contributed by atoms with van der Waals surface area (Å²) in [6.07, 6.45) is 0. The number of nitrogens with one attached hydrogen (secondary N) is 2. The van der Waals surface area contributed by atoms with Gasteiger partial charge in [0.25, 0.3) is 0 Å². The molecular formula is C10H9FN2O. The summed E-state index contributed by atoms with van der Waals surface area (Å²) in [6, 6.07) is 5.42. The normalized spacial score (nSPS) is 20.5. The maximum absolute atomic E-state index is 12.6. The molecule has 0 radical (unpaired) electrons. The van der Waals surface area contributed by atoms with Crippen molar-refractivity contribution in [3.8, 4) is 0 Å². The third kappa shape index (κ3) is 1.46. The van der Waals surface area contributed by atoms with Crippen molar-refractivity contribution in [1.29, 1.82) is 0 Å². The summed E-state index contributed by atoms with van der Waals surface area (Å²) in [4.78, 5) is 10.9. The number of halogens is 1. The van der Waals surface area contributed by atoms with Gasteiger partial charge in [0.1, 0.15) is 5.82 Å². The molecule has 0 aromatic heterocycles. The second-order valence-corrected chi connectivity index (χ2v) is 3.11. The molecule has 1 saturated heterocycles. The summed E-state index contributed by atoms with van der Waals surface area (Å²) >= 11 is 0. The van der Waals surface area contributed by atoms with Crippen LogP contribution in [0.15, 0.2) is 36.5 Å². The Bertz CT molecular complexity index is 386. The van der Waals surface area contributed by atoms with Gasteiger partial charge in [0.15, 0.2) is 0 Å². The zero-order chi connectivity index (χ0) is 10.1. The molecule has 1 aromatic carbocycles. The largest absolute Gasteiger partial charge is 0.325 e. The highest BCUT2D eigenvalue weighted by Gasteiger charge is 2.25. The Morgan fingerprint density at radius 1 is 1.29 bits per heavy atom. The lowest BCUT2D eigenvalue weighted by molar-refractivity contribution is 0.247. The predicted octanol–water partition coefficient (Wildman–Crippen LogP) is 1.69. The lowest BCUT2D eigenvalue weighted by atomic mass is 10.1. The molecule has 1 unspecified atom stereocenters. The van der Waals surface area contributed by atoms with E-state index in [0.717, 1.165) is 5.56 Å². The number of urea groups is 1. The molecule has 2 rings (SSSR count). The van der Waals surface area contributed by atoms with Crippen LogP contribution in [0.2, 0.25) is 0 Å². The van der Waals surface area contributed by atoms with E-state index in [-0.39, 0.29) is 17.9 Å². The zero-order valence-electron chi connectivity index (χ0n) is 7.38. The first-order chi connectivity index (χ1) is 6.66. The molecule has 0 bridgehead atoms. The maximum atomic E-state index is 12.6. The molecule has 72 valence electrons. The number of amides is 2. The van der Waals surface area contributed by atoms with Crippen molar-refractivity contribution in [2.75, 3.05) is 0 Å². The van der Waals surface area contributed by atoms with Gasteiger partial charge >= 0.3 is 6.03 Å².